The minimum atomic E-state index is -0.178. The van der Waals surface area contributed by atoms with Gasteiger partial charge in [0, 0.05) is 28.8 Å². The number of fused-ring (bicyclic) bond motifs is 1. The first-order valence-corrected chi connectivity index (χ1v) is 8.05. The molecule has 0 saturated heterocycles. The van der Waals surface area contributed by atoms with Crippen LogP contribution in [0.25, 0.3) is 10.9 Å². The Morgan fingerprint density at radius 1 is 1.04 bits per heavy atom. The average Bonchev–Trinajstić information content (AvgIpc) is 2.60. The standard InChI is InChI=1S/C20H18N2O3/c1-13(23)14-6-9-17(10-7-14)21-19(24)11-8-16-12-15-4-2-3-5-18(15)22-20(16)25/h2-7,9-10,12H,8,11H2,1H3,(H,21,24)(H,22,25). The van der Waals surface area contributed by atoms with Gasteiger partial charge in [-0.15, -0.1) is 0 Å². The number of benzene rings is 2. The van der Waals surface area contributed by atoms with E-state index in [2.05, 4.69) is 10.3 Å². The maximum absolute atomic E-state index is 12.1. The largest absolute Gasteiger partial charge is 0.326 e. The first kappa shape index (κ1) is 16.6. The maximum atomic E-state index is 12.1. The Hall–Kier alpha value is -3.21. The molecular formula is C20H18N2O3. The predicted molar refractivity (Wildman–Crippen MR) is 98.0 cm³/mol. The number of Topliss-reactive ketones (excluding diaryl/α,β-unsaturated/α-hetero) is 1. The third kappa shape index (κ3) is 4.01. The molecular weight excluding hydrogens is 316 g/mol. The van der Waals surface area contributed by atoms with Crippen LogP contribution >= 0.6 is 0 Å². The smallest absolute Gasteiger partial charge is 0.251 e. The number of carbonyl (C=O) groups is 2. The van der Waals surface area contributed by atoms with Crippen molar-refractivity contribution in [2.45, 2.75) is 19.8 Å². The lowest BCUT2D eigenvalue weighted by atomic mass is 10.1. The van der Waals surface area contributed by atoms with Gasteiger partial charge in [0.15, 0.2) is 5.78 Å². The van der Waals surface area contributed by atoms with E-state index in [0.29, 0.717) is 23.2 Å². The Bertz CT molecular complexity index is 988. The highest BCUT2D eigenvalue weighted by molar-refractivity contribution is 5.95. The average molecular weight is 334 g/mol. The highest BCUT2D eigenvalue weighted by atomic mass is 16.1. The molecule has 1 heterocycles. The van der Waals surface area contributed by atoms with E-state index in [1.165, 1.54) is 6.92 Å². The third-order valence-electron chi connectivity index (χ3n) is 4.03. The maximum Gasteiger partial charge on any atom is 0.251 e. The summed E-state index contributed by atoms with van der Waals surface area (Å²) in [6.45, 7) is 1.49. The molecule has 5 nitrogen and oxygen atoms in total. The summed E-state index contributed by atoms with van der Waals surface area (Å²) in [7, 11) is 0. The summed E-state index contributed by atoms with van der Waals surface area (Å²) >= 11 is 0. The van der Waals surface area contributed by atoms with E-state index in [4.69, 9.17) is 0 Å². The fourth-order valence-electron chi connectivity index (χ4n) is 2.64. The number of pyridine rings is 1. The number of aryl methyl sites for hydroxylation is 1. The molecule has 3 rings (SSSR count). The molecule has 0 radical (unpaired) electrons. The van der Waals surface area contributed by atoms with Gasteiger partial charge in [0.05, 0.1) is 0 Å². The number of nitrogens with one attached hydrogen (secondary N) is 2. The van der Waals surface area contributed by atoms with Gasteiger partial charge in [-0.25, -0.2) is 0 Å². The van der Waals surface area contributed by atoms with Crippen molar-refractivity contribution in [1.82, 2.24) is 4.98 Å². The molecule has 0 aliphatic heterocycles. The molecule has 3 aromatic rings. The minimum absolute atomic E-state index is 0.0200. The Morgan fingerprint density at radius 3 is 2.48 bits per heavy atom. The van der Waals surface area contributed by atoms with Crippen LogP contribution in [0.1, 0.15) is 29.3 Å². The van der Waals surface area contributed by atoms with Crippen LogP contribution in [0, 0.1) is 0 Å². The topological polar surface area (TPSA) is 79.0 Å². The van der Waals surface area contributed by atoms with Crippen molar-refractivity contribution in [3.63, 3.8) is 0 Å². The van der Waals surface area contributed by atoms with Crippen LogP contribution in [0.2, 0.25) is 0 Å². The van der Waals surface area contributed by atoms with Crippen molar-refractivity contribution in [2.24, 2.45) is 0 Å². The van der Waals surface area contributed by atoms with Crippen molar-refractivity contribution in [3.05, 3.63) is 76.1 Å². The number of hydrogen-bond acceptors (Lipinski definition) is 3. The molecule has 0 unspecified atom stereocenters. The van der Waals surface area contributed by atoms with E-state index in [-0.39, 0.29) is 23.7 Å². The molecule has 0 spiro atoms. The second-order valence-corrected chi connectivity index (χ2v) is 5.89. The van der Waals surface area contributed by atoms with Crippen molar-refractivity contribution in [2.75, 3.05) is 5.32 Å². The van der Waals surface area contributed by atoms with Gasteiger partial charge < -0.3 is 10.3 Å². The minimum Gasteiger partial charge on any atom is -0.326 e. The zero-order chi connectivity index (χ0) is 17.8. The highest BCUT2D eigenvalue weighted by Crippen LogP contribution is 2.13. The van der Waals surface area contributed by atoms with Crippen molar-refractivity contribution < 1.29 is 9.59 Å². The fraction of sp³-hybridized carbons (Fsp3) is 0.150. The number of carbonyl (C=O) groups excluding carboxylic acids is 2. The van der Waals surface area contributed by atoms with E-state index in [1.807, 2.05) is 30.3 Å². The molecule has 25 heavy (non-hydrogen) atoms. The van der Waals surface area contributed by atoms with E-state index >= 15 is 0 Å². The van der Waals surface area contributed by atoms with Gasteiger partial charge in [0.1, 0.15) is 0 Å². The number of anilines is 1. The Morgan fingerprint density at radius 2 is 1.76 bits per heavy atom. The van der Waals surface area contributed by atoms with Gasteiger partial charge in [-0.05, 0) is 55.1 Å². The summed E-state index contributed by atoms with van der Waals surface area (Å²) in [5.41, 5.74) is 2.42. The predicted octanol–water partition coefficient (Wildman–Crippen LogP) is 3.30. The monoisotopic (exact) mass is 334 g/mol. The molecule has 1 amide bonds. The zero-order valence-corrected chi connectivity index (χ0v) is 13.8. The SMILES string of the molecule is CC(=O)c1ccc(NC(=O)CCc2cc3ccccc3[nH]c2=O)cc1. The molecule has 0 aliphatic rings. The summed E-state index contributed by atoms with van der Waals surface area (Å²) in [5, 5.41) is 3.71. The first-order valence-electron chi connectivity index (χ1n) is 8.05. The number of H-pyrrole nitrogens is 1. The number of ketones is 1. The van der Waals surface area contributed by atoms with E-state index < -0.39 is 0 Å². The Labute approximate surface area is 144 Å². The number of amides is 1. The van der Waals surface area contributed by atoms with Crippen molar-refractivity contribution >= 4 is 28.3 Å². The highest BCUT2D eigenvalue weighted by Gasteiger charge is 2.08. The van der Waals surface area contributed by atoms with Crippen LogP contribution < -0.4 is 10.9 Å². The van der Waals surface area contributed by atoms with Crippen LogP contribution in [-0.2, 0) is 11.2 Å². The van der Waals surface area contributed by atoms with E-state index in [9.17, 15) is 14.4 Å². The van der Waals surface area contributed by atoms with Gasteiger partial charge in [0.2, 0.25) is 5.91 Å². The molecule has 0 bridgehead atoms. The lowest BCUT2D eigenvalue weighted by molar-refractivity contribution is -0.116. The lowest BCUT2D eigenvalue weighted by Crippen LogP contribution is -2.17. The molecule has 1 aromatic heterocycles. The van der Waals surface area contributed by atoms with Gasteiger partial charge in [0.25, 0.3) is 5.56 Å². The molecule has 2 N–H and O–H groups in total. The normalized spacial score (nSPS) is 10.6. The Kier molecular flexibility index (Phi) is 4.75. The fourth-order valence-corrected chi connectivity index (χ4v) is 2.64. The zero-order valence-electron chi connectivity index (χ0n) is 13.8. The summed E-state index contributed by atoms with van der Waals surface area (Å²) in [6, 6.07) is 16.1. The lowest BCUT2D eigenvalue weighted by Gasteiger charge is -2.06. The van der Waals surface area contributed by atoms with Crippen molar-refractivity contribution in [3.8, 4) is 0 Å². The van der Waals surface area contributed by atoms with Crippen LogP contribution in [-0.4, -0.2) is 16.7 Å². The summed E-state index contributed by atoms with van der Waals surface area (Å²) in [5.74, 6) is -0.198. The number of para-hydroxylation sites is 1. The number of aromatic nitrogens is 1. The van der Waals surface area contributed by atoms with Gasteiger partial charge >= 0.3 is 0 Å². The van der Waals surface area contributed by atoms with Crippen LogP contribution in [0.5, 0.6) is 0 Å². The molecule has 0 saturated carbocycles. The van der Waals surface area contributed by atoms with E-state index in [1.54, 1.807) is 24.3 Å². The second kappa shape index (κ2) is 7.13. The summed E-state index contributed by atoms with van der Waals surface area (Å²) < 4.78 is 0. The van der Waals surface area contributed by atoms with Crippen LogP contribution in [0.15, 0.2) is 59.4 Å². The van der Waals surface area contributed by atoms with Crippen molar-refractivity contribution in [1.29, 1.82) is 0 Å². The molecule has 5 heteroatoms. The quantitative estimate of drug-likeness (QED) is 0.703. The molecule has 0 fully saturated rings. The molecule has 0 aliphatic carbocycles. The van der Waals surface area contributed by atoms with E-state index in [0.717, 1.165) is 10.9 Å². The van der Waals surface area contributed by atoms with Gasteiger partial charge in [-0.3, -0.25) is 14.4 Å². The van der Waals surface area contributed by atoms with Crippen LogP contribution in [0.3, 0.4) is 0 Å². The molecule has 126 valence electrons. The molecule has 2 aromatic carbocycles. The second-order valence-electron chi connectivity index (χ2n) is 5.89. The summed E-state index contributed by atoms with van der Waals surface area (Å²) in [4.78, 5) is 38.2. The first-order chi connectivity index (χ1) is 12.0. The van der Waals surface area contributed by atoms with Gasteiger partial charge in [-0.1, -0.05) is 18.2 Å². The molecule has 0 atom stereocenters. The third-order valence-corrected chi connectivity index (χ3v) is 4.03. The Balaban J connectivity index is 1.65. The summed E-state index contributed by atoms with van der Waals surface area (Å²) in [6.07, 6.45) is 0.563. The number of hydrogen-bond donors (Lipinski definition) is 2. The van der Waals surface area contributed by atoms with Gasteiger partial charge in [-0.2, -0.15) is 0 Å². The number of aromatic amines is 1. The number of rotatable bonds is 5. The van der Waals surface area contributed by atoms with Crippen LogP contribution in [0.4, 0.5) is 5.69 Å².